The van der Waals surface area contributed by atoms with Crippen LogP contribution in [-0.2, 0) is 6.54 Å². The van der Waals surface area contributed by atoms with Crippen molar-refractivity contribution in [3.05, 3.63) is 23.8 Å². The summed E-state index contributed by atoms with van der Waals surface area (Å²) in [4.78, 5) is 0. The molecule has 0 unspecified atom stereocenters. The van der Waals surface area contributed by atoms with Gasteiger partial charge in [0, 0.05) is 6.54 Å². The minimum atomic E-state index is -0.00301. The molecule has 0 spiro atoms. The van der Waals surface area contributed by atoms with Crippen molar-refractivity contribution in [3.8, 4) is 11.5 Å². The number of benzene rings is 1. The molecule has 0 radical (unpaired) electrons. The third-order valence-electron chi connectivity index (χ3n) is 2.94. The van der Waals surface area contributed by atoms with Gasteiger partial charge in [0.15, 0.2) is 16.6 Å². The number of aliphatic hydroxyl groups excluding tert-OH is 1. The maximum absolute atomic E-state index is 9.09. The fourth-order valence-electron chi connectivity index (χ4n) is 1.75. The van der Waals surface area contributed by atoms with Gasteiger partial charge in [-0.1, -0.05) is 13.0 Å². The van der Waals surface area contributed by atoms with Gasteiger partial charge in [-0.3, -0.25) is 0 Å². The van der Waals surface area contributed by atoms with Crippen LogP contribution in [0.25, 0.3) is 0 Å². The molecule has 19 heavy (non-hydrogen) atoms. The second kappa shape index (κ2) is 6.58. The third-order valence-corrected chi connectivity index (χ3v) is 3.20. The second-order valence-corrected chi connectivity index (χ2v) is 4.71. The van der Waals surface area contributed by atoms with Crippen molar-refractivity contribution in [2.75, 3.05) is 13.4 Å². The molecule has 0 saturated heterocycles. The SMILES string of the molecule is CC[C@@H](CO)NC(=S)NCc1ccc2c(c1)OCO2. The first kappa shape index (κ1) is 13.9. The molecule has 2 rings (SSSR count). The van der Waals surface area contributed by atoms with Crippen LogP contribution < -0.4 is 20.1 Å². The van der Waals surface area contributed by atoms with E-state index in [0.29, 0.717) is 11.7 Å². The summed E-state index contributed by atoms with van der Waals surface area (Å²) in [7, 11) is 0. The van der Waals surface area contributed by atoms with Gasteiger partial charge in [-0.25, -0.2) is 0 Å². The Morgan fingerprint density at radius 3 is 2.95 bits per heavy atom. The van der Waals surface area contributed by atoms with E-state index in [9.17, 15) is 0 Å². The Hall–Kier alpha value is -1.53. The highest BCUT2D eigenvalue weighted by Crippen LogP contribution is 2.32. The zero-order valence-electron chi connectivity index (χ0n) is 10.8. The smallest absolute Gasteiger partial charge is 0.231 e. The molecule has 0 fully saturated rings. The molecule has 1 aliphatic rings. The normalized spacial score (nSPS) is 14.0. The highest BCUT2D eigenvalue weighted by atomic mass is 32.1. The topological polar surface area (TPSA) is 62.8 Å². The number of ether oxygens (including phenoxy) is 2. The molecule has 1 aromatic carbocycles. The van der Waals surface area contributed by atoms with Crippen molar-refractivity contribution < 1.29 is 14.6 Å². The lowest BCUT2D eigenvalue weighted by Gasteiger charge is -2.17. The maximum Gasteiger partial charge on any atom is 0.231 e. The number of rotatable bonds is 5. The number of fused-ring (bicyclic) bond motifs is 1. The summed E-state index contributed by atoms with van der Waals surface area (Å²) in [5, 5.41) is 15.8. The summed E-state index contributed by atoms with van der Waals surface area (Å²) in [5.74, 6) is 1.54. The fourth-order valence-corrected chi connectivity index (χ4v) is 1.99. The standard InChI is InChI=1S/C13H18N2O3S/c1-2-10(7-16)15-13(19)14-6-9-3-4-11-12(5-9)18-8-17-11/h3-5,10,16H,2,6-8H2,1H3,(H2,14,15,19)/t10-/m0/s1. The quantitative estimate of drug-likeness (QED) is 0.704. The van der Waals surface area contributed by atoms with Gasteiger partial charge in [0.05, 0.1) is 12.6 Å². The summed E-state index contributed by atoms with van der Waals surface area (Å²) in [5.41, 5.74) is 1.06. The van der Waals surface area contributed by atoms with Crippen LogP contribution in [0.1, 0.15) is 18.9 Å². The van der Waals surface area contributed by atoms with Gasteiger partial charge in [0.25, 0.3) is 0 Å². The molecule has 5 nitrogen and oxygen atoms in total. The predicted molar refractivity (Wildman–Crippen MR) is 76.3 cm³/mol. The first-order valence-corrected chi connectivity index (χ1v) is 6.67. The number of thiocarbonyl (C=S) groups is 1. The van der Waals surface area contributed by atoms with Crippen molar-refractivity contribution in [1.82, 2.24) is 10.6 Å². The van der Waals surface area contributed by atoms with E-state index in [2.05, 4.69) is 10.6 Å². The maximum atomic E-state index is 9.09. The molecule has 0 saturated carbocycles. The largest absolute Gasteiger partial charge is 0.454 e. The van der Waals surface area contributed by atoms with Crippen molar-refractivity contribution in [1.29, 1.82) is 0 Å². The lowest BCUT2D eigenvalue weighted by Crippen LogP contribution is -2.43. The zero-order chi connectivity index (χ0) is 13.7. The number of hydrogen-bond acceptors (Lipinski definition) is 4. The van der Waals surface area contributed by atoms with Gasteiger partial charge in [0.1, 0.15) is 0 Å². The first-order valence-electron chi connectivity index (χ1n) is 6.26. The second-order valence-electron chi connectivity index (χ2n) is 4.30. The zero-order valence-corrected chi connectivity index (χ0v) is 11.6. The Kier molecular flexibility index (Phi) is 4.81. The predicted octanol–water partition coefficient (Wildman–Crippen LogP) is 1.15. The molecule has 6 heteroatoms. The van der Waals surface area contributed by atoms with Gasteiger partial charge < -0.3 is 25.2 Å². The first-order chi connectivity index (χ1) is 9.22. The van der Waals surface area contributed by atoms with E-state index in [0.717, 1.165) is 23.5 Å². The molecular formula is C13H18N2O3S. The number of hydrogen-bond donors (Lipinski definition) is 3. The highest BCUT2D eigenvalue weighted by molar-refractivity contribution is 7.80. The van der Waals surface area contributed by atoms with E-state index in [1.807, 2.05) is 25.1 Å². The van der Waals surface area contributed by atoms with Gasteiger partial charge in [-0.15, -0.1) is 0 Å². The monoisotopic (exact) mass is 282 g/mol. The molecule has 1 aromatic rings. The van der Waals surface area contributed by atoms with Gasteiger partial charge >= 0.3 is 0 Å². The Morgan fingerprint density at radius 1 is 1.42 bits per heavy atom. The van der Waals surface area contributed by atoms with Gasteiger partial charge in [0.2, 0.25) is 6.79 Å². The Balaban J connectivity index is 1.83. The van der Waals surface area contributed by atoms with Crippen molar-refractivity contribution in [2.45, 2.75) is 25.9 Å². The Labute approximate surface area is 117 Å². The lowest BCUT2D eigenvalue weighted by atomic mass is 10.2. The average Bonchev–Trinajstić information content (AvgIpc) is 2.89. The van der Waals surface area contributed by atoms with Crippen LogP contribution in [0.15, 0.2) is 18.2 Å². The fraction of sp³-hybridized carbons (Fsp3) is 0.462. The molecule has 1 atom stereocenters. The summed E-state index contributed by atoms with van der Waals surface area (Å²) >= 11 is 5.17. The van der Waals surface area contributed by atoms with Crippen molar-refractivity contribution in [2.24, 2.45) is 0 Å². The van der Waals surface area contributed by atoms with E-state index < -0.39 is 0 Å². The van der Waals surface area contributed by atoms with E-state index >= 15 is 0 Å². The molecule has 0 amide bonds. The molecule has 0 bridgehead atoms. The van der Waals surface area contributed by atoms with Crippen LogP contribution in [0.3, 0.4) is 0 Å². The van der Waals surface area contributed by atoms with Crippen LogP contribution in [0.4, 0.5) is 0 Å². The Morgan fingerprint density at radius 2 is 2.21 bits per heavy atom. The number of aliphatic hydroxyl groups is 1. The van der Waals surface area contributed by atoms with Crippen molar-refractivity contribution >= 4 is 17.3 Å². The lowest BCUT2D eigenvalue weighted by molar-refractivity contribution is 0.174. The van der Waals surface area contributed by atoms with Crippen LogP contribution in [0.5, 0.6) is 11.5 Å². The average molecular weight is 282 g/mol. The molecule has 0 aliphatic carbocycles. The van der Waals surface area contributed by atoms with Crippen molar-refractivity contribution in [3.63, 3.8) is 0 Å². The summed E-state index contributed by atoms with van der Waals surface area (Å²) in [6, 6.07) is 5.78. The third kappa shape index (κ3) is 3.71. The molecule has 0 aromatic heterocycles. The summed E-state index contributed by atoms with van der Waals surface area (Å²) in [6.45, 7) is 2.95. The molecule has 1 heterocycles. The van der Waals surface area contributed by atoms with E-state index in [4.69, 9.17) is 26.8 Å². The molecular weight excluding hydrogens is 264 g/mol. The van der Waals surface area contributed by atoms with E-state index in [-0.39, 0.29) is 19.4 Å². The van der Waals surface area contributed by atoms with Crippen LogP contribution in [0, 0.1) is 0 Å². The molecule has 1 aliphatic heterocycles. The van der Waals surface area contributed by atoms with Crippen LogP contribution in [0.2, 0.25) is 0 Å². The van der Waals surface area contributed by atoms with E-state index in [1.54, 1.807) is 0 Å². The Bertz CT molecular complexity index is 450. The van der Waals surface area contributed by atoms with Gasteiger partial charge in [-0.2, -0.15) is 0 Å². The minimum absolute atomic E-state index is 0.00301. The minimum Gasteiger partial charge on any atom is -0.454 e. The van der Waals surface area contributed by atoms with E-state index in [1.165, 1.54) is 0 Å². The highest BCUT2D eigenvalue weighted by Gasteiger charge is 2.13. The molecule has 3 N–H and O–H groups in total. The molecule has 104 valence electrons. The van der Waals surface area contributed by atoms with Crippen LogP contribution in [-0.4, -0.2) is 29.7 Å². The number of nitrogens with one attached hydrogen (secondary N) is 2. The van der Waals surface area contributed by atoms with Crippen LogP contribution >= 0.6 is 12.2 Å². The van der Waals surface area contributed by atoms with Gasteiger partial charge in [-0.05, 0) is 36.3 Å². The summed E-state index contributed by atoms with van der Waals surface area (Å²) in [6.07, 6.45) is 0.822. The summed E-state index contributed by atoms with van der Waals surface area (Å²) < 4.78 is 10.6.